The van der Waals surface area contributed by atoms with Crippen molar-refractivity contribution in [2.24, 2.45) is 0 Å². The fraction of sp³-hybridized carbons (Fsp3) is 1.00. The molecular formula is C16H35N3O2. The standard InChI is InChI=1S/C16H35N3O2/c1-4-5-17-6-12-20-14-15-21-13-11-18-7-9-19(10-8-18)16(2)3/h16-17H,4-15H2,1-3H3. The third kappa shape index (κ3) is 9.42. The summed E-state index contributed by atoms with van der Waals surface area (Å²) in [5.41, 5.74) is 0. The highest BCUT2D eigenvalue weighted by Crippen LogP contribution is 2.05. The number of rotatable bonds is 12. The molecule has 1 saturated heterocycles. The maximum Gasteiger partial charge on any atom is 0.0701 e. The summed E-state index contributed by atoms with van der Waals surface area (Å²) in [7, 11) is 0. The van der Waals surface area contributed by atoms with Gasteiger partial charge in [-0.15, -0.1) is 0 Å². The highest BCUT2D eigenvalue weighted by Gasteiger charge is 2.17. The molecule has 0 bridgehead atoms. The van der Waals surface area contributed by atoms with E-state index in [1.165, 1.54) is 32.6 Å². The molecule has 1 rings (SSSR count). The molecule has 0 aromatic heterocycles. The lowest BCUT2D eigenvalue weighted by molar-refractivity contribution is 0.0302. The second-order valence-corrected chi connectivity index (χ2v) is 5.95. The van der Waals surface area contributed by atoms with Crippen LogP contribution >= 0.6 is 0 Å². The van der Waals surface area contributed by atoms with E-state index in [4.69, 9.17) is 9.47 Å². The van der Waals surface area contributed by atoms with E-state index in [2.05, 4.69) is 35.9 Å². The van der Waals surface area contributed by atoms with E-state index in [-0.39, 0.29) is 0 Å². The summed E-state index contributed by atoms with van der Waals surface area (Å²) in [4.78, 5) is 5.03. The fourth-order valence-electron chi connectivity index (χ4n) is 2.47. The molecule has 1 N–H and O–H groups in total. The Balaban J connectivity index is 1.83. The predicted octanol–water partition coefficient (Wildman–Crippen LogP) is 1.05. The Morgan fingerprint density at radius 2 is 1.57 bits per heavy atom. The van der Waals surface area contributed by atoms with Gasteiger partial charge in [0.2, 0.25) is 0 Å². The first-order valence-electron chi connectivity index (χ1n) is 8.56. The van der Waals surface area contributed by atoms with Crippen molar-refractivity contribution >= 4 is 0 Å². The molecule has 1 aliphatic heterocycles. The third-order valence-corrected chi connectivity index (χ3v) is 3.91. The Hall–Kier alpha value is -0.200. The largest absolute Gasteiger partial charge is 0.378 e. The van der Waals surface area contributed by atoms with Gasteiger partial charge in [0.1, 0.15) is 0 Å². The monoisotopic (exact) mass is 301 g/mol. The number of piperazine rings is 1. The number of hydrogen-bond acceptors (Lipinski definition) is 5. The molecule has 0 atom stereocenters. The number of nitrogens with one attached hydrogen (secondary N) is 1. The first kappa shape index (κ1) is 18.8. The van der Waals surface area contributed by atoms with Crippen LogP contribution in [-0.4, -0.2) is 88.1 Å². The van der Waals surface area contributed by atoms with Gasteiger partial charge in [-0.25, -0.2) is 0 Å². The average Bonchev–Trinajstić information content (AvgIpc) is 2.49. The van der Waals surface area contributed by atoms with Crippen LogP contribution in [0, 0.1) is 0 Å². The van der Waals surface area contributed by atoms with Crippen LogP contribution in [0.5, 0.6) is 0 Å². The number of hydrogen-bond donors (Lipinski definition) is 1. The van der Waals surface area contributed by atoms with Crippen molar-refractivity contribution in [3.8, 4) is 0 Å². The zero-order valence-electron chi connectivity index (χ0n) is 14.3. The van der Waals surface area contributed by atoms with Crippen LogP contribution < -0.4 is 5.32 Å². The van der Waals surface area contributed by atoms with Gasteiger partial charge in [0.15, 0.2) is 0 Å². The van der Waals surface area contributed by atoms with Gasteiger partial charge in [0.25, 0.3) is 0 Å². The summed E-state index contributed by atoms with van der Waals surface area (Å²) >= 11 is 0. The molecule has 0 spiro atoms. The summed E-state index contributed by atoms with van der Waals surface area (Å²) in [5, 5.41) is 3.32. The molecule has 21 heavy (non-hydrogen) atoms. The van der Waals surface area contributed by atoms with Crippen LogP contribution in [0.4, 0.5) is 0 Å². The molecule has 1 aliphatic rings. The first-order valence-corrected chi connectivity index (χ1v) is 8.56. The maximum absolute atomic E-state index is 5.64. The van der Waals surface area contributed by atoms with Gasteiger partial charge in [0.05, 0.1) is 26.4 Å². The summed E-state index contributed by atoms with van der Waals surface area (Å²) in [5.74, 6) is 0. The van der Waals surface area contributed by atoms with Crippen molar-refractivity contribution in [1.29, 1.82) is 0 Å². The van der Waals surface area contributed by atoms with Crippen molar-refractivity contribution < 1.29 is 9.47 Å². The third-order valence-electron chi connectivity index (χ3n) is 3.91. The Bertz CT molecular complexity index is 232. The number of ether oxygens (including phenoxy) is 2. The topological polar surface area (TPSA) is 37.0 Å². The number of nitrogens with zero attached hydrogens (tertiary/aromatic N) is 2. The van der Waals surface area contributed by atoms with Crippen molar-refractivity contribution in [2.45, 2.75) is 33.2 Å². The second kappa shape index (κ2) is 12.4. The highest BCUT2D eigenvalue weighted by molar-refractivity contribution is 4.73. The molecule has 5 heteroatoms. The molecule has 126 valence electrons. The molecule has 0 unspecified atom stereocenters. The summed E-state index contributed by atoms with van der Waals surface area (Å²) in [6.07, 6.45) is 1.18. The molecule has 0 amide bonds. The summed E-state index contributed by atoms with van der Waals surface area (Å²) < 4.78 is 11.1. The Morgan fingerprint density at radius 3 is 2.19 bits per heavy atom. The molecule has 0 saturated carbocycles. The SMILES string of the molecule is CCCNCCOCCOCCN1CCN(C(C)C)CC1. The lowest BCUT2D eigenvalue weighted by atomic mass is 10.2. The maximum atomic E-state index is 5.64. The van der Waals surface area contributed by atoms with Crippen molar-refractivity contribution in [3.05, 3.63) is 0 Å². The molecule has 1 heterocycles. The molecule has 0 aliphatic carbocycles. The lowest BCUT2D eigenvalue weighted by Gasteiger charge is -2.36. The van der Waals surface area contributed by atoms with E-state index in [9.17, 15) is 0 Å². The fourth-order valence-corrected chi connectivity index (χ4v) is 2.47. The van der Waals surface area contributed by atoms with Gasteiger partial charge in [0, 0.05) is 45.3 Å². The van der Waals surface area contributed by atoms with E-state index in [0.29, 0.717) is 19.3 Å². The minimum absolute atomic E-state index is 0.673. The van der Waals surface area contributed by atoms with Crippen molar-refractivity contribution in [2.75, 3.05) is 72.2 Å². The lowest BCUT2D eigenvalue weighted by Crippen LogP contribution is -2.49. The van der Waals surface area contributed by atoms with Crippen LogP contribution in [0.25, 0.3) is 0 Å². The zero-order chi connectivity index (χ0) is 15.3. The first-order chi connectivity index (χ1) is 10.2. The van der Waals surface area contributed by atoms with Crippen LogP contribution in [0.3, 0.4) is 0 Å². The Kier molecular flexibility index (Phi) is 11.1. The van der Waals surface area contributed by atoms with Gasteiger partial charge < -0.3 is 14.8 Å². The van der Waals surface area contributed by atoms with E-state index in [1.807, 2.05) is 0 Å². The van der Waals surface area contributed by atoms with Gasteiger partial charge >= 0.3 is 0 Å². The average molecular weight is 301 g/mol. The minimum Gasteiger partial charge on any atom is -0.378 e. The molecule has 0 radical (unpaired) electrons. The molecular weight excluding hydrogens is 266 g/mol. The second-order valence-electron chi connectivity index (χ2n) is 5.95. The van der Waals surface area contributed by atoms with Crippen LogP contribution in [0.15, 0.2) is 0 Å². The molecule has 0 aromatic carbocycles. The van der Waals surface area contributed by atoms with Crippen LogP contribution in [-0.2, 0) is 9.47 Å². The van der Waals surface area contributed by atoms with Gasteiger partial charge in [-0.2, -0.15) is 0 Å². The normalized spacial score (nSPS) is 17.7. The van der Waals surface area contributed by atoms with Crippen molar-refractivity contribution in [1.82, 2.24) is 15.1 Å². The Labute approximate surface area is 131 Å². The van der Waals surface area contributed by atoms with E-state index in [1.54, 1.807) is 0 Å². The summed E-state index contributed by atoms with van der Waals surface area (Å²) in [6, 6.07) is 0.673. The van der Waals surface area contributed by atoms with Gasteiger partial charge in [-0.1, -0.05) is 6.92 Å². The predicted molar refractivity (Wildman–Crippen MR) is 87.9 cm³/mol. The van der Waals surface area contributed by atoms with Crippen LogP contribution in [0.2, 0.25) is 0 Å². The highest BCUT2D eigenvalue weighted by atomic mass is 16.5. The van der Waals surface area contributed by atoms with Crippen molar-refractivity contribution in [3.63, 3.8) is 0 Å². The van der Waals surface area contributed by atoms with Gasteiger partial charge in [-0.3, -0.25) is 9.80 Å². The minimum atomic E-state index is 0.673. The quantitative estimate of drug-likeness (QED) is 0.545. The van der Waals surface area contributed by atoms with E-state index >= 15 is 0 Å². The summed E-state index contributed by atoms with van der Waals surface area (Å²) in [6.45, 7) is 17.5. The van der Waals surface area contributed by atoms with E-state index < -0.39 is 0 Å². The molecule has 1 fully saturated rings. The van der Waals surface area contributed by atoms with E-state index in [0.717, 1.165) is 32.8 Å². The van der Waals surface area contributed by atoms with Crippen LogP contribution in [0.1, 0.15) is 27.2 Å². The Morgan fingerprint density at radius 1 is 0.905 bits per heavy atom. The smallest absolute Gasteiger partial charge is 0.0701 e. The molecule has 0 aromatic rings. The molecule has 5 nitrogen and oxygen atoms in total. The zero-order valence-corrected chi connectivity index (χ0v) is 14.3. The van der Waals surface area contributed by atoms with Gasteiger partial charge in [-0.05, 0) is 26.8 Å².